The molecule has 3 rings (SSSR count). The van der Waals surface area contributed by atoms with Crippen LogP contribution in [0.25, 0.3) is 0 Å². The van der Waals surface area contributed by atoms with E-state index in [9.17, 15) is 14.4 Å². The molecule has 0 saturated carbocycles. The van der Waals surface area contributed by atoms with E-state index < -0.39 is 0 Å². The summed E-state index contributed by atoms with van der Waals surface area (Å²) in [7, 11) is 0. The van der Waals surface area contributed by atoms with Gasteiger partial charge >= 0.3 is 0 Å². The normalized spacial score (nSPS) is 14.5. The third-order valence-corrected chi connectivity index (χ3v) is 5.73. The number of benzene rings is 2. The van der Waals surface area contributed by atoms with E-state index in [-0.39, 0.29) is 30.2 Å². The van der Waals surface area contributed by atoms with Crippen molar-refractivity contribution in [1.29, 1.82) is 0 Å². The molecule has 1 aliphatic heterocycles. The van der Waals surface area contributed by atoms with Gasteiger partial charge in [0.2, 0.25) is 5.91 Å². The number of carbonyl (C=O) groups is 3. The van der Waals surface area contributed by atoms with E-state index in [2.05, 4.69) is 17.1 Å². The molecule has 0 unspecified atom stereocenters. The molecule has 0 atom stereocenters. The van der Waals surface area contributed by atoms with Gasteiger partial charge in [0.1, 0.15) is 0 Å². The van der Waals surface area contributed by atoms with Crippen molar-refractivity contribution >= 4 is 23.3 Å². The summed E-state index contributed by atoms with van der Waals surface area (Å²) in [6.07, 6.45) is 2.63. The SMILES string of the molecule is CCCN(CC(=O)Nc1ccccc1C(C)=O)C1CCN(C(=O)c2ccccc2)CC1. The molecule has 0 radical (unpaired) electrons. The van der Waals surface area contributed by atoms with Gasteiger partial charge in [0.05, 0.1) is 12.2 Å². The van der Waals surface area contributed by atoms with Crippen LogP contribution in [0.4, 0.5) is 5.69 Å². The van der Waals surface area contributed by atoms with Gasteiger partial charge in [0.15, 0.2) is 5.78 Å². The van der Waals surface area contributed by atoms with Crippen molar-refractivity contribution in [2.45, 2.75) is 39.2 Å². The van der Waals surface area contributed by atoms with E-state index in [1.165, 1.54) is 6.92 Å². The van der Waals surface area contributed by atoms with Crippen molar-refractivity contribution in [3.63, 3.8) is 0 Å². The highest BCUT2D eigenvalue weighted by molar-refractivity contribution is 6.04. The first-order chi connectivity index (χ1) is 15.0. The number of hydrogen-bond acceptors (Lipinski definition) is 4. The van der Waals surface area contributed by atoms with Gasteiger partial charge in [0, 0.05) is 30.3 Å². The Kier molecular flexibility index (Phi) is 7.95. The number of carbonyl (C=O) groups excluding carboxylic acids is 3. The number of hydrogen-bond donors (Lipinski definition) is 1. The fourth-order valence-electron chi connectivity index (χ4n) is 4.15. The molecular weight excluding hydrogens is 390 g/mol. The number of piperidine rings is 1. The van der Waals surface area contributed by atoms with Crippen LogP contribution in [0, 0.1) is 0 Å². The van der Waals surface area contributed by atoms with Gasteiger partial charge in [-0.1, -0.05) is 37.3 Å². The molecule has 31 heavy (non-hydrogen) atoms. The van der Waals surface area contributed by atoms with E-state index >= 15 is 0 Å². The van der Waals surface area contributed by atoms with E-state index in [1.54, 1.807) is 18.2 Å². The molecule has 6 heteroatoms. The third kappa shape index (κ3) is 6.01. The monoisotopic (exact) mass is 421 g/mol. The Hall–Kier alpha value is -2.99. The lowest BCUT2D eigenvalue weighted by Crippen LogP contribution is -2.49. The Morgan fingerprint density at radius 1 is 1.00 bits per heavy atom. The van der Waals surface area contributed by atoms with Gasteiger partial charge in [0.25, 0.3) is 5.91 Å². The maximum absolute atomic E-state index is 12.7. The van der Waals surface area contributed by atoms with E-state index in [4.69, 9.17) is 0 Å². The zero-order valence-corrected chi connectivity index (χ0v) is 18.3. The molecule has 2 amide bonds. The second-order valence-corrected chi connectivity index (χ2v) is 8.01. The maximum Gasteiger partial charge on any atom is 0.253 e. The Labute approximate surface area is 184 Å². The van der Waals surface area contributed by atoms with Crippen LogP contribution in [0.2, 0.25) is 0 Å². The van der Waals surface area contributed by atoms with Gasteiger partial charge < -0.3 is 10.2 Å². The second kappa shape index (κ2) is 10.9. The van der Waals surface area contributed by atoms with Crippen LogP contribution in [0.5, 0.6) is 0 Å². The first-order valence-corrected chi connectivity index (χ1v) is 11.0. The Morgan fingerprint density at radius 3 is 2.29 bits per heavy atom. The van der Waals surface area contributed by atoms with Crippen LogP contribution in [-0.4, -0.2) is 59.6 Å². The summed E-state index contributed by atoms with van der Waals surface area (Å²) in [6, 6.07) is 16.7. The van der Waals surface area contributed by atoms with E-state index in [0.29, 0.717) is 24.3 Å². The molecule has 164 valence electrons. The number of para-hydroxylation sites is 1. The molecular formula is C25H31N3O3. The van der Waals surface area contributed by atoms with Crippen molar-refractivity contribution in [2.75, 3.05) is 31.5 Å². The zero-order chi connectivity index (χ0) is 22.2. The molecule has 2 aromatic carbocycles. The number of amides is 2. The first kappa shape index (κ1) is 22.7. The summed E-state index contributed by atoms with van der Waals surface area (Å²) in [5, 5.41) is 2.90. The van der Waals surface area contributed by atoms with Crippen LogP contribution in [-0.2, 0) is 4.79 Å². The van der Waals surface area contributed by atoms with Gasteiger partial charge in [-0.15, -0.1) is 0 Å². The van der Waals surface area contributed by atoms with Crippen molar-refractivity contribution in [2.24, 2.45) is 0 Å². The highest BCUT2D eigenvalue weighted by atomic mass is 16.2. The molecule has 0 spiro atoms. The number of nitrogens with one attached hydrogen (secondary N) is 1. The Morgan fingerprint density at radius 2 is 1.65 bits per heavy atom. The number of ketones is 1. The summed E-state index contributed by atoms with van der Waals surface area (Å²) in [5.74, 6) is -0.124. The minimum absolute atomic E-state index is 0.0691. The van der Waals surface area contributed by atoms with Crippen molar-refractivity contribution in [3.05, 3.63) is 65.7 Å². The molecule has 6 nitrogen and oxygen atoms in total. The quantitative estimate of drug-likeness (QED) is 0.658. The zero-order valence-electron chi connectivity index (χ0n) is 18.3. The van der Waals surface area contributed by atoms with Crippen LogP contribution >= 0.6 is 0 Å². The molecule has 0 bridgehead atoms. The van der Waals surface area contributed by atoms with Crippen molar-refractivity contribution < 1.29 is 14.4 Å². The fourth-order valence-corrected chi connectivity index (χ4v) is 4.15. The molecule has 1 aliphatic rings. The summed E-state index contributed by atoms with van der Waals surface area (Å²) in [4.78, 5) is 41.4. The van der Waals surface area contributed by atoms with Gasteiger partial charge in [-0.3, -0.25) is 19.3 Å². The minimum Gasteiger partial charge on any atom is -0.339 e. The van der Waals surface area contributed by atoms with Crippen LogP contribution in [0.1, 0.15) is 53.8 Å². The van der Waals surface area contributed by atoms with E-state index in [1.807, 2.05) is 41.3 Å². The topological polar surface area (TPSA) is 69.7 Å². The lowest BCUT2D eigenvalue weighted by Gasteiger charge is -2.38. The standard InChI is InChI=1S/C25H31N3O3/c1-3-15-28(18-24(30)26-23-12-8-7-11-22(23)19(2)29)21-13-16-27(17-14-21)25(31)20-9-5-4-6-10-20/h4-12,21H,3,13-18H2,1-2H3,(H,26,30). The fraction of sp³-hybridized carbons (Fsp3) is 0.400. The first-order valence-electron chi connectivity index (χ1n) is 11.0. The molecule has 0 aliphatic carbocycles. The predicted molar refractivity (Wildman–Crippen MR) is 122 cm³/mol. The molecule has 1 heterocycles. The maximum atomic E-state index is 12.7. The largest absolute Gasteiger partial charge is 0.339 e. The van der Waals surface area contributed by atoms with E-state index in [0.717, 1.165) is 31.4 Å². The van der Waals surface area contributed by atoms with Crippen LogP contribution < -0.4 is 5.32 Å². The Balaban J connectivity index is 1.58. The van der Waals surface area contributed by atoms with Crippen LogP contribution in [0.15, 0.2) is 54.6 Å². The van der Waals surface area contributed by atoms with Gasteiger partial charge in [-0.05, 0) is 57.0 Å². The predicted octanol–water partition coefficient (Wildman–Crippen LogP) is 3.84. The van der Waals surface area contributed by atoms with Gasteiger partial charge in [-0.25, -0.2) is 0 Å². The summed E-state index contributed by atoms with van der Waals surface area (Å²) >= 11 is 0. The number of likely N-dealkylation sites (tertiary alicyclic amines) is 1. The smallest absolute Gasteiger partial charge is 0.253 e. The lowest BCUT2D eigenvalue weighted by atomic mass is 10.0. The summed E-state index contributed by atoms with van der Waals surface area (Å²) < 4.78 is 0. The average Bonchev–Trinajstić information content (AvgIpc) is 2.79. The molecule has 0 aromatic heterocycles. The minimum atomic E-state index is -0.120. The number of anilines is 1. The van der Waals surface area contributed by atoms with Crippen LogP contribution in [0.3, 0.4) is 0 Å². The highest BCUT2D eigenvalue weighted by Crippen LogP contribution is 2.20. The number of rotatable bonds is 8. The second-order valence-electron chi connectivity index (χ2n) is 8.01. The summed E-state index contributed by atoms with van der Waals surface area (Å²) in [6.45, 7) is 6.07. The number of Topliss-reactive ketones (excluding diaryl/α,β-unsaturated/α-hetero) is 1. The molecule has 2 aromatic rings. The number of nitrogens with zero attached hydrogens (tertiary/aromatic N) is 2. The third-order valence-electron chi connectivity index (χ3n) is 5.73. The van der Waals surface area contributed by atoms with Crippen molar-refractivity contribution in [1.82, 2.24) is 9.80 Å². The lowest BCUT2D eigenvalue weighted by molar-refractivity contribution is -0.118. The summed E-state index contributed by atoms with van der Waals surface area (Å²) in [5.41, 5.74) is 1.79. The Bertz CT molecular complexity index is 905. The molecule has 1 saturated heterocycles. The van der Waals surface area contributed by atoms with Crippen molar-refractivity contribution in [3.8, 4) is 0 Å². The highest BCUT2D eigenvalue weighted by Gasteiger charge is 2.28. The van der Waals surface area contributed by atoms with Gasteiger partial charge in [-0.2, -0.15) is 0 Å². The molecule has 1 fully saturated rings. The average molecular weight is 422 g/mol. The molecule has 1 N–H and O–H groups in total.